The first-order chi connectivity index (χ1) is 13.5. The second-order valence-corrected chi connectivity index (χ2v) is 6.85. The molecule has 0 spiro atoms. The fourth-order valence-corrected chi connectivity index (χ4v) is 3.46. The van der Waals surface area contributed by atoms with Crippen LogP contribution in [0.5, 0.6) is 5.75 Å². The number of ether oxygens (including phenoxy) is 1. The lowest BCUT2D eigenvalue weighted by molar-refractivity contribution is -0.117. The SMILES string of the molecule is CCCCn1c(N)c(N(CC)C(=O)Cc2ccc3c(c2)CCO3)c(=O)[nH]c1=O. The number of unbranched alkanes of at least 4 members (excludes halogenated alkanes) is 1. The molecule has 1 aliphatic heterocycles. The maximum absolute atomic E-state index is 13.0. The van der Waals surface area contributed by atoms with Crippen LogP contribution in [-0.4, -0.2) is 28.6 Å². The largest absolute Gasteiger partial charge is 0.493 e. The Labute approximate surface area is 162 Å². The molecule has 0 aliphatic carbocycles. The van der Waals surface area contributed by atoms with E-state index in [-0.39, 0.29) is 30.4 Å². The van der Waals surface area contributed by atoms with E-state index in [4.69, 9.17) is 10.5 Å². The van der Waals surface area contributed by atoms with E-state index in [9.17, 15) is 14.4 Å². The number of rotatable bonds is 7. The summed E-state index contributed by atoms with van der Waals surface area (Å²) in [6.45, 7) is 5.08. The van der Waals surface area contributed by atoms with Crippen LogP contribution in [0.4, 0.5) is 11.5 Å². The number of hydrogen-bond acceptors (Lipinski definition) is 5. The highest BCUT2D eigenvalue weighted by Gasteiger charge is 2.23. The molecule has 2 aromatic rings. The number of carbonyl (C=O) groups excluding carboxylic acids is 1. The van der Waals surface area contributed by atoms with Crippen LogP contribution in [-0.2, 0) is 24.2 Å². The zero-order valence-electron chi connectivity index (χ0n) is 16.3. The van der Waals surface area contributed by atoms with Crippen molar-refractivity contribution in [1.82, 2.24) is 9.55 Å². The number of fused-ring (bicyclic) bond motifs is 1. The van der Waals surface area contributed by atoms with Crippen LogP contribution < -0.4 is 26.6 Å². The van der Waals surface area contributed by atoms with E-state index < -0.39 is 11.2 Å². The number of aromatic nitrogens is 2. The van der Waals surface area contributed by atoms with Gasteiger partial charge in [0.2, 0.25) is 5.91 Å². The molecule has 0 saturated heterocycles. The van der Waals surface area contributed by atoms with Crippen LogP contribution >= 0.6 is 0 Å². The summed E-state index contributed by atoms with van der Waals surface area (Å²) in [6.07, 6.45) is 2.57. The Kier molecular flexibility index (Phi) is 5.87. The van der Waals surface area contributed by atoms with E-state index in [1.807, 2.05) is 25.1 Å². The summed E-state index contributed by atoms with van der Waals surface area (Å²) < 4.78 is 6.82. The zero-order valence-corrected chi connectivity index (χ0v) is 16.3. The maximum atomic E-state index is 13.0. The summed E-state index contributed by atoms with van der Waals surface area (Å²) in [5.41, 5.74) is 6.91. The van der Waals surface area contributed by atoms with Crippen molar-refractivity contribution in [3.63, 3.8) is 0 Å². The molecule has 1 amide bonds. The normalized spacial score (nSPS) is 12.5. The van der Waals surface area contributed by atoms with Gasteiger partial charge in [-0.05, 0) is 30.5 Å². The molecule has 8 nitrogen and oxygen atoms in total. The van der Waals surface area contributed by atoms with Crippen LogP contribution in [0.25, 0.3) is 0 Å². The fourth-order valence-electron chi connectivity index (χ4n) is 3.46. The first kappa shape index (κ1) is 19.7. The minimum absolute atomic E-state index is 0.0275. The van der Waals surface area contributed by atoms with Crippen LogP contribution in [0.1, 0.15) is 37.8 Å². The predicted molar refractivity (Wildman–Crippen MR) is 108 cm³/mol. The smallest absolute Gasteiger partial charge is 0.330 e. The first-order valence-electron chi connectivity index (χ1n) is 9.63. The van der Waals surface area contributed by atoms with Crippen molar-refractivity contribution >= 4 is 17.4 Å². The van der Waals surface area contributed by atoms with Crippen molar-refractivity contribution in [2.24, 2.45) is 0 Å². The first-order valence-corrected chi connectivity index (χ1v) is 9.63. The number of aromatic amines is 1. The summed E-state index contributed by atoms with van der Waals surface area (Å²) >= 11 is 0. The Balaban J connectivity index is 1.91. The van der Waals surface area contributed by atoms with Gasteiger partial charge in [-0.15, -0.1) is 0 Å². The molecule has 3 N–H and O–H groups in total. The standard InChI is InChI=1S/C20H26N4O4/c1-3-5-9-24-18(21)17(19(26)22-20(24)27)23(4-2)16(25)12-13-6-7-15-14(11-13)8-10-28-15/h6-7,11H,3-5,8-10,12,21H2,1-2H3,(H,22,26,27). The number of nitrogens with one attached hydrogen (secondary N) is 1. The zero-order chi connectivity index (χ0) is 20.3. The molecule has 0 atom stereocenters. The van der Waals surface area contributed by atoms with Gasteiger partial charge in [-0.1, -0.05) is 25.5 Å². The van der Waals surface area contributed by atoms with Crippen molar-refractivity contribution in [3.05, 3.63) is 50.2 Å². The number of likely N-dealkylation sites (N-methyl/N-ethyl adjacent to an activating group) is 1. The number of anilines is 2. The topological polar surface area (TPSA) is 110 Å². The maximum Gasteiger partial charge on any atom is 0.330 e. The lowest BCUT2D eigenvalue weighted by Crippen LogP contribution is -2.41. The van der Waals surface area contributed by atoms with Crippen LogP contribution in [0.3, 0.4) is 0 Å². The molecular weight excluding hydrogens is 360 g/mol. The highest BCUT2D eigenvalue weighted by molar-refractivity contribution is 5.96. The monoisotopic (exact) mass is 386 g/mol. The lowest BCUT2D eigenvalue weighted by Gasteiger charge is -2.23. The summed E-state index contributed by atoms with van der Waals surface area (Å²) in [5.74, 6) is 0.631. The van der Waals surface area contributed by atoms with Crippen molar-refractivity contribution in [2.75, 3.05) is 23.8 Å². The Morgan fingerprint density at radius 3 is 2.82 bits per heavy atom. The van der Waals surface area contributed by atoms with Gasteiger partial charge in [0.05, 0.1) is 13.0 Å². The quantitative estimate of drug-likeness (QED) is 0.748. The summed E-state index contributed by atoms with van der Waals surface area (Å²) in [5, 5.41) is 0. The van der Waals surface area contributed by atoms with E-state index in [1.165, 1.54) is 9.47 Å². The molecule has 0 fully saturated rings. The predicted octanol–water partition coefficient (Wildman–Crippen LogP) is 1.45. The van der Waals surface area contributed by atoms with Gasteiger partial charge < -0.3 is 15.4 Å². The number of nitrogens with two attached hydrogens (primary N) is 1. The Morgan fingerprint density at radius 1 is 1.32 bits per heavy atom. The van der Waals surface area contributed by atoms with Crippen molar-refractivity contribution in [2.45, 2.75) is 46.1 Å². The van der Waals surface area contributed by atoms with E-state index >= 15 is 0 Å². The Morgan fingerprint density at radius 2 is 2.11 bits per heavy atom. The minimum Gasteiger partial charge on any atom is -0.493 e. The van der Waals surface area contributed by atoms with Gasteiger partial charge in [0, 0.05) is 19.5 Å². The van der Waals surface area contributed by atoms with E-state index in [2.05, 4.69) is 4.98 Å². The third kappa shape index (κ3) is 3.81. The second-order valence-electron chi connectivity index (χ2n) is 6.85. The number of benzene rings is 1. The average molecular weight is 386 g/mol. The molecular formula is C20H26N4O4. The van der Waals surface area contributed by atoms with Crippen molar-refractivity contribution in [1.29, 1.82) is 0 Å². The van der Waals surface area contributed by atoms with Gasteiger partial charge in [-0.25, -0.2) is 4.79 Å². The molecule has 28 heavy (non-hydrogen) atoms. The van der Waals surface area contributed by atoms with Gasteiger partial charge >= 0.3 is 5.69 Å². The summed E-state index contributed by atoms with van der Waals surface area (Å²) in [7, 11) is 0. The lowest BCUT2D eigenvalue weighted by atomic mass is 10.1. The number of hydrogen-bond donors (Lipinski definition) is 2. The molecule has 0 unspecified atom stereocenters. The number of nitrogens with zero attached hydrogens (tertiary/aromatic N) is 2. The number of nitrogen functional groups attached to an aromatic ring is 1. The molecule has 1 aromatic heterocycles. The van der Waals surface area contributed by atoms with E-state index in [1.54, 1.807) is 6.92 Å². The van der Waals surface area contributed by atoms with Crippen LogP contribution in [0.15, 0.2) is 27.8 Å². The van der Waals surface area contributed by atoms with Crippen molar-refractivity contribution in [3.8, 4) is 5.75 Å². The second kappa shape index (κ2) is 8.33. The molecule has 8 heteroatoms. The minimum atomic E-state index is -0.646. The Bertz CT molecular complexity index is 993. The molecule has 150 valence electrons. The number of H-pyrrole nitrogens is 1. The highest BCUT2D eigenvalue weighted by atomic mass is 16.5. The summed E-state index contributed by atoms with van der Waals surface area (Å²) in [4.78, 5) is 41.1. The van der Waals surface area contributed by atoms with Crippen LogP contribution in [0.2, 0.25) is 0 Å². The van der Waals surface area contributed by atoms with E-state index in [0.717, 1.165) is 36.1 Å². The van der Waals surface area contributed by atoms with Gasteiger partial charge in [0.25, 0.3) is 5.56 Å². The van der Waals surface area contributed by atoms with Crippen molar-refractivity contribution < 1.29 is 9.53 Å². The molecule has 1 aliphatic rings. The third-order valence-corrected chi connectivity index (χ3v) is 4.95. The van der Waals surface area contributed by atoms with Gasteiger partial charge in [-0.2, -0.15) is 0 Å². The van der Waals surface area contributed by atoms with E-state index in [0.29, 0.717) is 13.2 Å². The molecule has 3 rings (SSSR count). The molecule has 0 bridgehead atoms. The van der Waals surface area contributed by atoms with Gasteiger partial charge in [0.1, 0.15) is 11.6 Å². The summed E-state index contributed by atoms with van der Waals surface area (Å²) in [6, 6.07) is 5.68. The molecule has 1 aromatic carbocycles. The van der Waals surface area contributed by atoms with Gasteiger partial charge in [-0.3, -0.25) is 19.1 Å². The van der Waals surface area contributed by atoms with Gasteiger partial charge in [0.15, 0.2) is 5.69 Å². The molecule has 0 saturated carbocycles. The number of amides is 1. The molecule has 2 heterocycles. The molecule has 0 radical (unpaired) electrons. The average Bonchev–Trinajstić information content (AvgIpc) is 3.12. The number of carbonyl (C=O) groups is 1. The fraction of sp³-hybridized carbons (Fsp3) is 0.450. The Hall–Kier alpha value is -3.03. The highest BCUT2D eigenvalue weighted by Crippen LogP contribution is 2.26. The third-order valence-electron chi connectivity index (χ3n) is 4.95. The van der Waals surface area contributed by atoms with Crippen LogP contribution in [0, 0.1) is 0 Å².